The number of hydrogen-bond acceptors (Lipinski definition) is 4. The summed E-state index contributed by atoms with van der Waals surface area (Å²) in [5.41, 5.74) is 0.823. The molecule has 1 fully saturated rings. The second kappa shape index (κ2) is 6.83. The van der Waals surface area contributed by atoms with Gasteiger partial charge in [0.25, 0.3) is 0 Å². The van der Waals surface area contributed by atoms with Crippen molar-refractivity contribution < 1.29 is 14.7 Å². The lowest BCUT2D eigenvalue weighted by Crippen LogP contribution is -2.39. The lowest BCUT2D eigenvalue weighted by molar-refractivity contribution is -0.142. The molecule has 1 amide bonds. The largest absolute Gasteiger partial charge is 0.481 e. The lowest BCUT2D eigenvalue weighted by atomic mass is 9.86. The van der Waals surface area contributed by atoms with Crippen LogP contribution < -0.4 is 5.32 Å². The molecule has 1 heterocycles. The van der Waals surface area contributed by atoms with Crippen molar-refractivity contribution in [2.24, 2.45) is 5.92 Å². The van der Waals surface area contributed by atoms with E-state index in [4.69, 9.17) is 5.11 Å². The van der Waals surface area contributed by atoms with Crippen LogP contribution in [-0.4, -0.2) is 28.0 Å². The molecule has 0 saturated heterocycles. The Morgan fingerprint density at radius 1 is 1.40 bits per heavy atom. The van der Waals surface area contributed by atoms with Crippen molar-refractivity contribution >= 4 is 23.2 Å². The van der Waals surface area contributed by atoms with E-state index >= 15 is 0 Å². The number of carbonyl (C=O) groups is 2. The minimum Gasteiger partial charge on any atom is -0.481 e. The van der Waals surface area contributed by atoms with Crippen LogP contribution in [0.3, 0.4) is 0 Å². The minimum atomic E-state index is -0.718. The van der Waals surface area contributed by atoms with Crippen LogP contribution in [0.2, 0.25) is 0 Å². The van der Waals surface area contributed by atoms with Crippen molar-refractivity contribution in [3.8, 4) is 0 Å². The van der Waals surface area contributed by atoms with Crippen LogP contribution in [0.25, 0.3) is 0 Å². The average Bonchev–Trinajstić information content (AvgIpc) is 2.86. The van der Waals surface area contributed by atoms with Gasteiger partial charge < -0.3 is 10.4 Å². The summed E-state index contributed by atoms with van der Waals surface area (Å²) >= 11 is 1.58. The Bertz CT molecular complexity index is 479. The molecule has 0 spiro atoms. The minimum absolute atomic E-state index is 0.0169. The third-order valence-electron chi connectivity index (χ3n) is 3.68. The first-order chi connectivity index (χ1) is 9.58. The van der Waals surface area contributed by atoms with Crippen LogP contribution in [0.4, 0.5) is 0 Å². The van der Waals surface area contributed by atoms with E-state index in [2.05, 4.69) is 10.3 Å². The zero-order valence-electron chi connectivity index (χ0n) is 11.6. The highest BCUT2D eigenvalue weighted by Crippen LogP contribution is 2.24. The summed E-state index contributed by atoms with van der Waals surface area (Å²) < 4.78 is 0. The quantitative estimate of drug-likeness (QED) is 0.871. The van der Waals surface area contributed by atoms with Crippen LogP contribution >= 0.6 is 11.3 Å². The van der Waals surface area contributed by atoms with Gasteiger partial charge in [-0.3, -0.25) is 9.59 Å². The average molecular weight is 296 g/mol. The molecular weight excluding hydrogens is 276 g/mol. The second-order valence-corrected chi connectivity index (χ2v) is 6.16. The Balaban J connectivity index is 1.76. The molecule has 2 rings (SSSR count). The van der Waals surface area contributed by atoms with E-state index in [0.29, 0.717) is 19.3 Å². The highest BCUT2D eigenvalue weighted by molar-refractivity contribution is 7.09. The molecule has 0 bridgehead atoms. The number of carbonyl (C=O) groups excluding carboxylic acids is 1. The molecule has 110 valence electrons. The van der Waals surface area contributed by atoms with E-state index in [9.17, 15) is 9.59 Å². The molecule has 0 aromatic carbocycles. The van der Waals surface area contributed by atoms with Gasteiger partial charge in [0, 0.05) is 11.4 Å². The van der Waals surface area contributed by atoms with Gasteiger partial charge in [0.1, 0.15) is 0 Å². The van der Waals surface area contributed by atoms with E-state index in [1.54, 1.807) is 11.3 Å². The Morgan fingerprint density at radius 3 is 2.65 bits per heavy atom. The molecule has 1 saturated carbocycles. The molecule has 0 unspecified atom stereocenters. The summed E-state index contributed by atoms with van der Waals surface area (Å²) in [6.45, 7) is 2.05. The van der Waals surface area contributed by atoms with Gasteiger partial charge in [-0.1, -0.05) is 6.92 Å². The summed E-state index contributed by atoms with van der Waals surface area (Å²) in [7, 11) is 0. The normalized spacial score (nSPS) is 22.4. The van der Waals surface area contributed by atoms with Gasteiger partial charge in [0.2, 0.25) is 5.91 Å². The lowest BCUT2D eigenvalue weighted by Gasteiger charge is -2.26. The Morgan fingerprint density at radius 2 is 2.10 bits per heavy atom. The van der Waals surface area contributed by atoms with Crippen LogP contribution in [-0.2, 0) is 22.4 Å². The molecular formula is C14H20N2O3S. The maximum atomic E-state index is 11.9. The van der Waals surface area contributed by atoms with E-state index < -0.39 is 5.97 Å². The number of nitrogens with zero attached hydrogens (tertiary/aromatic N) is 1. The molecule has 1 aliphatic carbocycles. The maximum Gasteiger partial charge on any atom is 0.306 e. The van der Waals surface area contributed by atoms with Gasteiger partial charge in [-0.2, -0.15) is 0 Å². The van der Waals surface area contributed by atoms with Gasteiger partial charge >= 0.3 is 5.97 Å². The first-order valence-corrected chi connectivity index (χ1v) is 7.92. The maximum absolute atomic E-state index is 11.9. The third-order valence-corrected chi connectivity index (χ3v) is 4.73. The summed E-state index contributed by atoms with van der Waals surface area (Å²) in [6.07, 6.45) is 4.01. The van der Waals surface area contributed by atoms with E-state index in [0.717, 1.165) is 30.0 Å². The number of nitrogens with one attached hydrogen (secondary N) is 1. The summed E-state index contributed by atoms with van der Waals surface area (Å²) in [5.74, 6) is -0.977. The van der Waals surface area contributed by atoms with E-state index in [1.807, 2.05) is 12.3 Å². The van der Waals surface area contributed by atoms with Crippen molar-refractivity contribution in [2.45, 2.75) is 51.5 Å². The molecule has 0 radical (unpaired) electrons. The number of carboxylic acids is 1. The predicted octanol–water partition coefficient (Wildman–Crippen LogP) is 2.01. The molecule has 20 heavy (non-hydrogen) atoms. The number of carboxylic acid groups (broad SMARTS) is 1. The fourth-order valence-corrected chi connectivity index (χ4v) is 3.27. The molecule has 6 heteroatoms. The number of aliphatic carboxylic acids is 1. The molecule has 1 aromatic rings. The Kier molecular flexibility index (Phi) is 5.11. The van der Waals surface area contributed by atoms with Gasteiger partial charge in [0.15, 0.2) is 0 Å². The van der Waals surface area contributed by atoms with Gasteiger partial charge in [0.05, 0.1) is 23.0 Å². The topological polar surface area (TPSA) is 79.3 Å². The van der Waals surface area contributed by atoms with Gasteiger partial charge in [-0.05, 0) is 32.1 Å². The number of amides is 1. The van der Waals surface area contributed by atoms with Crippen molar-refractivity contribution in [1.82, 2.24) is 10.3 Å². The molecule has 5 nitrogen and oxygen atoms in total. The van der Waals surface area contributed by atoms with E-state index in [1.165, 1.54) is 0 Å². The van der Waals surface area contributed by atoms with E-state index in [-0.39, 0.29) is 17.9 Å². The first kappa shape index (κ1) is 15.0. The van der Waals surface area contributed by atoms with Crippen LogP contribution in [0.15, 0.2) is 5.38 Å². The number of thiazole rings is 1. The Hall–Kier alpha value is -1.43. The fourth-order valence-electron chi connectivity index (χ4n) is 2.52. The SMILES string of the molecule is CCc1nc(CC(=O)NC2CCC(C(=O)O)CC2)cs1. The number of aryl methyl sites for hydroxylation is 1. The molecule has 0 atom stereocenters. The van der Waals surface area contributed by atoms with Gasteiger partial charge in [-0.25, -0.2) is 4.98 Å². The van der Waals surface area contributed by atoms with Crippen molar-refractivity contribution in [1.29, 1.82) is 0 Å². The number of aromatic nitrogens is 1. The first-order valence-electron chi connectivity index (χ1n) is 7.04. The fraction of sp³-hybridized carbons (Fsp3) is 0.643. The molecule has 2 N–H and O–H groups in total. The summed E-state index contributed by atoms with van der Waals surface area (Å²) in [4.78, 5) is 27.2. The summed E-state index contributed by atoms with van der Waals surface area (Å²) in [5, 5.41) is 14.9. The Labute approximate surface area is 122 Å². The van der Waals surface area contributed by atoms with Crippen LogP contribution in [0, 0.1) is 5.92 Å². The second-order valence-electron chi connectivity index (χ2n) is 5.22. The van der Waals surface area contributed by atoms with Crippen LogP contribution in [0.1, 0.15) is 43.3 Å². The zero-order valence-corrected chi connectivity index (χ0v) is 12.4. The van der Waals surface area contributed by atoms with Crippen LogP contribution in [0.5, 0.6) is 0 Å². The third kappa shape index (κ3) is 4.03. The molecule has 0 aliphatic heterocycles. The monoisotopic (exact) mass is 296 g/mol. The highest BCUT2D eigenvalue weighted by atomic mass is 32.1. The smallest absolute Gasteiger partial charge is 0.306 e. The molecule has 1 aliphatic rings. The molecule has 1 aromatic heterocycles. The van der Waals surface area contributed by atoms with Crippen molar-refractivity contribution in [2.75, 3.05) is 0 Å². The van der Waals surface area contributed by atoms with Crippen molar-refractivity contribution in [3.63, 3.8) is 0 Å². The zero-order chi connectivity index (χ0) is 14.5. The van der Waals surface area contributed by atoms with Crippen molar-refractivity contribution in [3.05, 3.63) is 16.1 Å². The summed E-state index contributed by atoms with van der Waals surface area (Å²) in [6, 6.07) is 0.113. The van der Waals surface area contributed by atoms with Gasteiger partial charge in [-0.15, -0.1) is 11.3 Å². The number of hydrogen-bond donors (Lipinski definition) is 2. The highest BCUT2D eigenvalue weighted by Gasteiger charge is 2.26. The predicted molar refractivity (Wildman–Crippen MR) is 76.7 cm³/mol. The standard InChI is InChI=1S/C14H20N2O3S/c1-2-13-16-11(8-20-13)7-12(17)15-10-5-3-9(4-6-10)14(18)19/h8-10H,2-7H2,1H3,(H,15,17)(H,18,19). The number of rotatable bonds is 5.